The molecule has 0 radical (unpaired) electrons. The molecule has 0 atom stereocenters. The summed E-state index contributed by atoms with van der Waals surface area (Å²) in [5, 5.41) is 2.48. The fourth-order valence-electron chi connectivity index (χ4n) is 3.20. The SMILES string of the molecule is CCNC(=O)NNC(=O)C1(S(=O)(=O)c2cc(C)ccc2C)CCCC1. The van der Waals surface area contributed by atoms with Crippen molar-refractivity contribution in [3.05, 3.63) is 29.3 Å². The van der Waals surface area contributed by atoms with E-state index in [4.69, 9.17) is 0 Å². The number of hydrogen-bond donors (Lipinski definition) is 3. The van der Waals surface area contributed by atoms with Crippen molar-refractivity contribution in [1.82, 2.24) is 16.2 Å². The third kappa shape index (κ3) is 3.63. The average Bonchev–Trinajstić information content (AvgIpc) is 3.06. The Hall–Kier alpha value is -2.09. The number of carbonyl (C=O) groups is 2. The largest absolute Gasteiger partial charge is 0.337 e. The topological polar surface area (TPSA) is 104 Å². The number of carbonyl (C=O) groups excluding carboxylic acids is 2. The van der Waals surface area contributed by atoms with Gasteiger partial charge in [0.05, 0.1) is 4.90 Å². The van der Waals surface area contributed by atoms with Crippen LogP contribution in [0.1, 0.15) is 43.7 Å². The first-order chi connectivity index (χ1) is 11.7. The maximum atomic E-state index is 13.4. The van der Waals surface area contributed by atoms with Crippen molar-refractivity contribution in [2.24, 2.45) is 0 Å². The highest BCUT2D eigenvalue weighted by Gasteiger charge is 2.53. The number of hydrazine groups is 1. The monoisotopic (exact) mass is 367 g/mol. The second kappa shape index (κ2) is 7.43. The van der Waals surface area contributed by atoms with Crippen LogP contribution in [0.3, 0.4) is 0 Å². The normalized spacial score (nSPS) is 16.3. The molecule has 0 unspecified atom stereocenters. The molecule has 1 aromatic carbocycles. The molecule has 3 amide bonds. The van der Waals surface area contributed by atoms with Crippen molar-refractivity contribution in [2.75, 3.05) is 6.54 Å². The van der Waals surface area contributed by atoms with Crippen molar-refractivity contribution >= 4 is 21.8 Å². The zero-order chi connectivity index (χ0) is 18.7. The van der Waals surface area contributed by atoms with Gasteiger partial charge in [-0.2, -0.15) is 0 Å². The van der Waals surface area contributed by atoms with E-state index in [1.54, 1.807) is 26.0 Å². The van der Waals surface area contributed by atoms with Crippen LogP contribution in [0, 0.1) is 13.8 Å². The highest BCUT2D eigenvalue weighted by molar-refractivity contribution is 7.93. The Balaban J connectivity index is 2.37. The number of nitrogens with one attached hydrogen (secondary N) is 3. The van der Waals surface area contributed by atoms with Gasteiger partial charge in [-0.3, -0.25) is 10.2 Å². The van der Waals surface area contributed by atoms with Crippen molar-refractivity contribution < 1.29 is 18.0 Å². The van der Waals surface area contributed by atoms with Gasteiger partial charge in [-0.25, -0.2) is 18.6 Å². The Bertz CT molecular complexity index is 768. The van der Waals surface area contributed by atoms with E-state index >= 15 is 0 Å². The Morgan fingerprint density at radius 1 is 1.12 bits per heavy atom. The standard InChI is InChI=1S/C17H25N3O4S/c1-4-18-16(22)20-19-15(21)17(9-5-6-10-17)25(23,24)14-11-12(2)7-8-13(14)3/h7-8,11H,4-6,9-10H2,1-3H3,(H,19,21)(H2,18,20,22). The summed E-state index contributed by atoms with van der Waals surface area (Å²) in [5.74, 6) is -0.683. The molecule has 0 aliphatic heterocycles. The van der Waals surface area contributed by atoms with Gasteiger partial charge in [0, 0.05) is 6.54 Å². The third-order valence-electron chi connectivity index (χ3n) is 4.60. The summed E-state index contributed by atoms with van der Waals surface area (Å²) < 4.78 is 25.2. The molecule has 25 heavy (non-hydrogen) atoms. The molecule has 0 heterocycles. The van der Waals surface area contributed by atoms with Crippen LogP contribution < -0.4 is 16.2 Å². The lowest BCUT2D eigenvalue weighted by Crippen LogP contribution is -2.57. The first kappa shape index (κ1) is 19.2. The zero-order valence-corrected chi connectivity index (χ0v) is 15.6. The summed E-state index contributed by atoms with van der Waals surface area (Å²) in [6.07, 6.45) is 1.79. The zero-order valence-electron chi connectivity index (χ0n) is 14.8. The number of amides is 3. The lowest BCUT2D eigenvalue weighted by Gasteiger charge is -2.28. The molecule has 1 saturated carbocycles. The van der Waals surface area contributed by atoms with Gasteiger partial charge in [0.15, 0.2) is 14.6 Å². The van der Waals surface area contributed by atoms with E-state index in [1.807, 2.05) is 13.0 Å². The Labute approximate surface area is 148 Å². The van der Waals surface area contributed by atoms with E-state index in [2.05, 4.69) is 16.2 Å². The van der Waals surface area contributed by atoms with Crippen LogP contribution >= 0.6 is 0 Å². The molecular formula is C17H25N3O4S. The van der Waals surface area contributed by atoms with E-state index in [9.17, 15) is 18.0 Å². The van der Waals surface area contributed by atoms with Crippen LogP contribution in [-0.2, 0) is 14.6 Å². The minimum absolute atomic E-state index is 0.183. The molecule has 8 heteroatoms. The lowest BCUT2D eigenvalue weighted by atomic mass is 10.1. The van der Waals surface area contributed by atoms with Crippen LogP contribution in [0.2, 0.25) is 0 Å². The van der Waals surface area contributed by atoms with E-state index in [0.29, 0.717) is 24.9 Å². The maximum Gasteiger partial charge on any atom is 0.333 e. The Kier molecular flexibility index (Phi) is 5.72. The quantitative estimate of drug-likeness (QED) is 0.705. The second-order valence-corrected chi connectivity index (χ2v) is 8.64. The highest BCUT2D eigenvalue weighted by atomic mass is 32.2. The molecule has 0 aromatic heterocycles. The van der Waals surface area contributed by atoms with Crippen molar-refractivity contribution in [3.8, 4) is 0 Å². The van der Waals surface area contributed by atoms with Gasteiger partial charge in [0.1, 0.15) is 0 Å². The van der Waals surface area contributed by atoms with E-state index in [-0.39, 0.29) is 17.7 Å². The Morgan fingerprint density at radius 3 is 2.36 bits per heavy atom. The van der Waals surface area contributed by atoms with E-state index < -0.39 is 26.5 Å². The highest BCUT2D eigenvalue weighted by Crippen LogP contribution is 2.41. The van der Waals surface area contributed by atoms with E-state index in [1.165, 1.54) is 0 Å². The van der Waals surface area contributed by atoms with Gasteiger partial charge in [0.2, 0.25) is 0 Å². The number of rotatable bonds is 4. The molecule has 0 saturated heterocycles. The van der Waals surface area contributed by atoms with Crippen molar-refractivity contribution in [2.45, 2.75) is 56.1 Å². The molecular weight excluding hydrogens is 342 g/mol. The number of benzene rings is 1. The average molecular weight is 367 g/mol. The first-order valence-corrected chi connectivity index (χ1v) is 9.89. The summed E-state index contributed by atoms with van der Waals surface area (Å²) in [4.78, 5) is 24.4. The summed E-state index contributed by atoms with van der Waals surface area (Å²) in [7, 11) is -3.90. The first-order valence-electron chi connectivity index (χ1n) is 8.41. The number of urea groups is 1. The van der Waals surface area contributed by atoms with Crippen LogP contribution in [-0.4, -0.2) is 31.6 Å². The molecule has 7 nitrogen and oxygen atoms in total. The second-order valence-electron chi connectivity index (χ2n) is 6.41. The molecule has 1 aromatic rings. The fraction of sp³-hybridized carbons (Fsp3) is 0.529. The minimum atomic E-state index is -3.90. The molecule has 0 spiro atoms. The predicted molar refractivity (Wildman–Crippen MR) is 94.7 cm³/mol. The molecule has 3 N–H and O–H groups in total. The van der Waals surface area contributed by atoms with Gasteiger partial charge < -0.3 is 5.32 Å². The van der Waals surface area contributed by atoms with Gasteiger partial charge >= 0.3 is 6.03 Å². The smallest absolute Gasteiger partial charge is 0.333 e. The number of hydrogen-bond acceptors (Lipinski definition) is 4. The molecule has 0 bridgehead atoms. The van der Waals surface area contributed by atoms with Crippen LogP contribution in [0.15, 0.2) is 23.1 Å². The van der Waals surface area contributed by atoms with Gasteiger partial charge in [-0.1, -0.05) is 25.0 Å². The van der Waals surface area contributed by atoms with Crippen LogP contribution in [0.25, 0.3) is 0 Å². The van der Waals surface area contributed by atoms with Crippen LogP contribution in [0.5, 0.6) is 0 Å². The predicted octanol–water partition coefficient (Wildman–Crippen LogP) is 1.74. The summed E-state index contributed by atoms with van der Waals surface area (Å²) in [6, 6.07) is 4.62. The molecule has 138 valence electrons. The summed E-state index contributed by atoms with van der Waals surface area (Å²) in [5.41, 5.74) is 5.93. The molecule has 1 aliphatic rings. The van der Waals surface area contributed by atoms with Gasteiger partial charge in [-0.05, 0) is 50.8 Å². The van der Waals surface area contributed by atoms with Gasteiger partial charge in [0.25, 0.3) is 5.91 Å². The maximum absolute atomic E-state index is 13.4. The fourth-order valence-corrected chi connectivity index (χ4v) is 5.58. The number of sulfone groups is 1. The van der Waals surface area contributed by atoms with Crippen LogP contribution in [0.4, 0.5) is 4.79 Å². The van der Waals surface area contributed by atoms with Crippen molar-refractivity contribution in [3.63, 3.8) is 0 Å². The lowest BCUT2D eigenvalue weighted by molar-refractivity contribution is -0.124. The van der Waals surface area contributed by atoms with Gasteiger partial charge in [-0.15, -0.1) is 0 Å². The molecule has 1 fully saturated rings. The minimum Gasteiger partial charge on any atom is -0.337 e. The molecule has 2 rings (SSSR count). The third-order valence-corrected chi connectivity index (χ3v) is 7.24. The summed E-state index contributed by atoms with van der Waals surface area (Å²) >= 11 is 0. The van der Waals surface area contributed by atoms with E-state index in [0.717, 1.165) is 5.56 Å². The Morgan fingerprint density at radius 2 is 1.76 bits per heavy atom. The molecule has 1 aliphatic carbocycles. The number of aryl methyl sites for hydroxylation is 2. The van der Waals surface area contributed by atoms with Crippen molar-refractivity contribution in [1.29, 1.82) is 0 Å². The summed E-state index contributed by atoms with van der Waals surface area (Å²) in [6.45, 7) is 5.68.